The minimum atomic E-state index is -0.144. The van der Waals surface area contributed by atoms with Crippen LogP contribution in [-0.2, 0) is 22.4 Å². The Balaban J connectivity index is 1.43. The quantitative estimate of drug-likeness (QED) is 0.695. The Labute approximate surface area is 189 Å². The largest absolute Gasteiger partial charge is 0.325 e. The first-order chi connectivity index (χ1) is 15.7. The summed E-state index contributed by atoms with van der Waals surface area (Å²) in [6, 6.07) is 7.91. The molecule has 0 unspecified atom stereocenters. The van der Waals surface area contributed by atoms with Crippen LogP contribution in [-0.4, -0.2) is 41.3 Å². The van der Waals surface area contributed by atoms with Gasteiger partial charge in [-0.05, 0) is 87.0 Å². The second kappa shape index (κ2) is 9.25. The van der Waals surface area contributed by atoms with Crippen molar-refractivity contribution in [1.82, 2.24) is 9.88 Å². The summed E-state index contributed by atoms with van der Waals surface area (Å²) in [4.78, 5) is 32.2. The molecule has 166 valence electrons. The number of anilines is 2. The number of fused-ring (bicyclic) bond motifs is 2. The first kappa shape index (κ1) is 20.9. The van der Waals surface area contributed by atoms with Gasteiger partial charge in [-0.3, -0.25) is 9.59 Å². The van der Waals surface area contributed by atoms with Crippen molar-refractivity contribution in [3.05, 3.63) is 52.7 Å². The monoisotopic (exact) mass is 430 g/mol. The van der Waals surface area contributed by atoms with Crippen molar-refractivity contribution in [2.45, 2.75) is 51.4 Å². The summed E-state index contributed by atoms with van der Waals surface area (Å²) in [5.41, 5.74) is 5.76. The lowest BCUT2D eigenvalue weighted by molar-refractivity contribution is -0.116. The number of hydrogen-bond acceptors (Lipinski definition) is 4. The van der Waals surface area contributed by atoms with Crippen molar-refractivity contribution < 1.29 is 9.59 Å². The highest BCUT2D eigenvalue weighted by atomic mass is 16.2. The molecule has 2 aromatic rings. The van der Waals surface area contributed by atoms with E-state index in [1.165, 1.54) is 36.8 Å². The minimum Gasteiger partial charge on any atom is -0.325 e. The molecule has 0 bridgehead atoms. The molecule has 1 aromatic heterocycles. The zero-order chi connectivity index (χ0) is 21.9. The number of nitrogens with zero attached hydrogens (tertiary/aromatic N) is 2. The van der Waals surface area contributed by atoms with E-state index >= 15 is 0 Å². The average Bonchev–Trinajstić information content (AvgIpc) is 3.14. The van der Waals surface area contributed by atoms with Gasteiger partial charge in [0.2, 0.25) is 5.91 Å². The van der Waals surface area contributed by atoms with Crippen LogP contribution >= 0.6 is 0 Å². The fraction of sp³-hybridized carbons (Fsp3) is 0.423. The highest BCUT2D eigenvalue weighted by Crippen LogP contribution is 2.36. The van der Waals surface area contributed by atoms with Crippen LogP contribution in [0.3, 0.4) is 0 Å². The Morgan fingerprint density at radius 3 is 2.81 bits per heavy atom. The summed E-state index contributed by atoms with van der Waals surface area (Å²) in [5.74, 6) is 0.485. The maximum Gasteiger partial charge on any atom is 0.257 e. The summed E-state index contributed by atoms with van der Waals surface area (Å²) in [7, 11) is 0. The van der Waals surface area contributed by atoms with Crippen LogP contribution < -0.4 is 10.6 Å². The lowest BCUT2D eigenvalue weighted by Gasteiger charge is -2.26. The van der Waals surface area contributed by atoms with Crippen LogP contribution in [0, 0.1) is 0 Å². The number of benzene rings is 1. The number of nitrogens with one attached hydrogen (secondary N) is 2. The van der Waals surface area contributed by atoms with E-state index in [-0.39, 0.29) is 11.8 Å². The second-order valence-corrected chi connectivity index (χ2v) is 8.98. The number of piperidine rings is 1. The molecule has 6 nitrogen and oxygen atoms in total. The molecule has 2 N–H and O–H groups in total. The van der Waals surface area contributed by atoms with E-state index in [9.17, 15) is 9.59 Å². The summed E-state index contributed by atoms with van der Waals surface area (Å²) in [5, 5.41) is 6.01. The van der Waals surface area contributed by atoms with Crippen LogP contribution in [0.1, 0.15) is 60.8 Å². The highest BCUT2D eigenvalue weighted by Gasteiger charge is 2.26. The highest BCUT2D eigenvalue weighted by molar-refractivity contribution is 6.34. The zero-order valence-corrected chi connectivity index (χ0v) is 18.5. The molecule has 0 saturated carbocycles. The van der Waals surface area contributed by atoms with Crippen LogP contribution in [0.4, 0.5) is 11.5 Å². The number of aromatic nitrogens is 1. The lowest BCUT2D eigenvalue weighted by atomic mass is 9.86. The third kappa shape index (κ3) is 4.32. The smallest absolute Gasteiger partial charge is 0.257 e. The van der Waals surface area contributed by atoms with E-state index < -0.39 is 0 Å². The number of carbonyl (C=O) groups is 2. The molecule has 3 heterocycles. The maximum absolute atomic E-state index is 12.8. The van der Waals surface area contributed by atoms with E-state index in [2.05, 4.69) is 26.6 Å². The van der Waals surface area contributed by atoms with Crippen molar-refractivity contribution in [3.63, 3.8) is 0 Å². The molecule has 3 aliphatic rings. The Kier molecular flexibility index (Phi) is 6.04. The summed E-state index contributed by atoms with van der Waals surface area (Å²) >= 11 is 0. The number of hydrogen-bond donors (Lipinski definition) is 2. The number of carbonyl (C=O) groups excluding carboxylic acids is 2. The molecule has 5 rings (SSSR count). The maximum atomic E-state index is 12.8. The molecule has 0 spiro atoms. The molecule has 0 atom stereocenters. The molecule has 1 saturated heterocycles. The standard InChI is InChI=1S/C26H30N4O2/c31-24(12-16-30-14-4-1-5-15-30)28-23-11-10-18-7-2-3-8-19(18)21(23)17-22-20-9-6-13-27-25(20)29-26(22)32/h6,9-11,13,17H,1-5,7-8,12,14-16H2,(H,28,31)(H,27,29,32). The van der Waals surface area contributed by atoms with E-state index in [0.717, 1.165) is 55.7 Å². The molecule has 6 heteroatoms. The summed E-state index contributed by atoms with van der Waals surface area (Å²) in [6.45, 7) is 2.98. The Hall–Kier alpha value is -2.99. The van der Waals surface area contributed by atoms with Crippen LogP contribution in [0.25, 0.3) is 11.6 Å². The normalized spacial score (nSPS) is 19.4. The number of pyridine rings is 1. The van der Waals surface area contributed by atoms with Gasteiger partial charge < -0.3 is 15.5 Å². The Bertz CT molecular complexity index is 1070. The van der Waals surface area contributed by atoms with Gasteiger partial charge in [0.15, 0.2) is 0 Å². The van der Waals surface area contributed by atoms with E-state index in [1.807, 2.05) is 24.3 Å². The number of amides is 2. The number of likely N-dealkylation sites (tertiary alicyclic amines) is 1. The third-order valence-electron chi connectivity index (χ3n) is 6.82. The van der Waals surface area contributed by atoms with Crippen molar-refractivity contribution >= 4 is 35.0 Å². The van der Waals surface area contributed by atoms with Crippen LogP contribution in [0.2, 0.25) is 0 Å². The number of rotatable bonds is 5. The first-order valence-corrected chi connectivity index (χ1v) is 11.8. The topological polar surface area (TPSA) is 74.3 Å². The summed E-state index contributed by atoms with van der Waals surface area (Å²) < 4.78 is 0. The van der Waals surface area contributed by atoms with Gasteiger partial charge in [-0.1, -0.05) is 12.5 Å². The van der Waals surface area contributed by atoms with E-state index in [1.54, 1.807) is 6.20 Å². The molecule has 32 heavy (non-hydrogen) atoms. The molecule has 0 radical (unpaired) electrons. The minimum absolute atomic E-state index is 0.0314. The van der Waals surface area contributed by atoms with Gasteiger partial charge in [-0.25, -0.2) is 4.98 Å². The van der Waals surface area contributed by atoms with Gasteiger partial charge in [-0.2, -0.15) is 0 Å². The van der Waals surface area contributed by atoms with Crippen molar-refractivity contribution in [3.8, 4) is 0 Å². The summed E-state index contributed by atoms with van der Waals surface area (Å²) in [6.07, 6.45) is 12.2. The predicted octanol–water partition coefficient (Wildman–Crippen LogP) is 4.27. The van der Waals surface area contributed by atoms with Gasteiger partial charge in [0.05, 0.1) is 5.57 Å². The van der Waals surface area contributed by atoms with E-state index in [0.29, 0.717) is 17.8 Å². The molecule has 1 aromatic carbocycles. The predicted molar refractivity (Wildman–Crippen MR) is 127 cm³/mol. The average molecular weight is 431 g/mol. The molecule has 1 fully saturated rings. The van der Waals surface area contributed by atoms with Gasteiger partial charge in [0, 0.05) is 36.0 Å². The Morgan fingerprint density at radius 1 is 1.09 bits per heavy atom. The van der Waals surface area contributed by atoms with Gasteiger partial charge in [0.1, 0.15) is 5.82 Å². The Morgan fingerprint density at radius 2 is 1.94 bits per heavy atom. The van der Waals surface area contributed by atoms with Crippen LogP contribution in [0.15, 0.2) is 30.5 Å². The fourth-order valence-electron chi connectivity index (χ4n) is 5.09. The number of aryl methyl sites for hydroxylation is 1. The lowest BCUT2D eigenvalue weighted by Crippen LogP contribution is -2.32. The molecular weight excluding hydrogens is 400 g/mol. The van der Waals surface area contributed by atoms with E-state index in [4.69, 9.17) is 0 Å². The van der Waals surface area contributed by atoms with Gasteiger partial charge >= 0.3 is 0 Å². The molecule has 2 amide bonds. The molecular formula is C26H30N4O2. The third-order valence-corrected chi connectivity index (χ3v) is 6.82. The molecule has 1 aliphatic carbocycles. The van der Waals surface area contributed by atoms with Gasteiger partial charge in [0.25, 0.3) is 5.91 Å². The zero-order valence-electron chi connectivity index (χ0n) is 18.5. The van der Waals surface area contributed by atoms with Crippen molar-refractivity contribution in [2.75, 3.05) is 30.3 Å². The molecule has 2 aliphatic heterocycles. The first-order valence-electron chi connectivity index (χ1n) is 11.8. The van der Waals surface area contributed by atoms with Crippen molar-refractivity contribution in [2.24, 2.45) is 0 Å². The van der Waals surface area contributed by atoms with Crippen molar-refractivity contribution in [1.29, 1.82) is 0 Å². The van der Waals surface area contributed by atoms with Gasteiger partial charge in [-0.15, -0.1) is 0 Å². The van der Waals surface area contributed by atoms with Crippen LogP contribution in [0.5, 0.6) is 0 Å². The fourth-order valence-corrected chi connectivity index (χ4v) is 5.09. The SMILES string of the molecule is O=C(CCN1CCCCC1)Nc1ccc2c(c1C=C1C(=O)Nc3ncccc31)CCCC2. The second-order valence-electron chi connectivity index (χ2n) is 8.98.